The van der Waals surface area contributed by atoms with Crippen LogP contribution in [-0.2, 0) is 20.4 Å². The maximum absolute atomic E-state index is 11.8. The first-order valence-corrected chi connectivity index (χ1v) is 12.2. The number of sulfone groups is 1. The van der Waals surface area contributed by atoms with E-state index < -0.39 is 9.84 Å². The predicted molar refractivity (Wildman–Crippen MR) is 115 cm³/mol. The molecule has 1 aromatic carbocycles. The van der Waals surface area contributed by atoms with Crippen LogP contribution in [0.25, 0.3) is 0 Å². The number of carbonyl (C=O) groups is 1. The number of thioether (sulfide) groups is 1. The fourth-order valence-electron chi connectivity index (χ4n) is 2.73. The van der Waals surface area contributed by atoms with Gasteiger partial charge in [-0.3, -0.25) is 9.69 Å². The molecular formula is C18H27N3O3S3. The lowest BCUT2D eigenvalue weighted by Crippen LogP contribution is -2.50. The third-order valence-electron chi connectivity index (χ3n) is 4.16. The van der Waals surface area contributed by atoms with Gasteiger partial charge in [0.15, 0.2) is 9.84 Å². The van der Waals surface area contributed by atoms with Crippen molar-refractivity contribution in [3.05, 3.63) is 29.8 Å². The van der Waals surface area contributed by atoms with Crippen molar-refractivity contribution in [2.75, 3.05) is 39.0 Å². The molecule has 0 unspecified atom stereocenters. The van der Waals surface area contributed by atoms with Crippen LogP contribution in [0.1, 0.15) is 19.4 Å². The average Bonchev–Trinajstić information content (AvgIpc) is 2.59. The van der Waals surface area contributed by atoms with Crippen molar-refractivity contribution in [2.24, 2.45) is 0 Å². The second-order valence-electron chi connectivity index (χ2n) is 6.96. The first-order valence-electron chi connectivity index (χ1n) is 8.87. The van der Waals surface area contributed by atoms with E-state index in [1.165, 1.54) is 6.26 Å². The Bertz CT molecular complexity index is 756. The second-order valence-corrected chi connectivity index (χ2v) is 10.6. The van der Waals surface area contributed by atoms with Gasteiger partial charge in [0.1, 0.15) is 4.32 Å². The predicted octanol–water partition coefficient (Wildman–Crippen LogP) is 1.75. The Morgan fingerprint density at radius 1 is 1.19 bits per heavy atom. The highest BCUT2D eigenvalue weighted by atomic mass is 32.2. The molecule has 1 heterocycles. The lowest BCUT2D eigenvalue weighted by molar-refractivity contribution is -0.123. The summed E-state index contributed by atoms with van der Waals surface area (Å²) in [5.74, 6) is 0.771. The van der Waals surface area contributed by atoms with E-state index in [0.717, 1.165) is 36.1 Å². The van der Waals surface area contributed by atoms with Gasteiger partial charge in [0.25, 0.3) is 0 Å². The van der Waals surface area contributed by atoms with E-state index in [0.29, 0.717) is 17.2 Å². The minimum absolute atomic E-state index is 0.0629. The van der Waals surface area contributed by atoms with Crippen LogP contribution >= 0.6 is 24.0 Å². The fraction of sp³-hybridized carbons (Fsp3) is 0.556. The first-order chi connectivity index (χ1) is 12.6. The summed E-state index contributed by atoms with van der Waals surface area (Å²) in [6.07, 6.45) is 1.21. The number of nitrogens with one attached hydrogen (secondary N) is 1. The van der Waals surface area contributed by atoms with Crippen molar-refractivity contribution >= 4 is 44.0 Å². The van der Waals surface area contributed by atoms with Crippen LogP contribution < -0.4 is 5.32 Å². The van der Waals surface area contributed by atoms with Crippen molar-refractivity contribution < 1.29 is 13.2 Å². The molecule has 9 heteroatoms. The van der Waals surface area contributed by atoms with E-state index in [9.17, 15) is 13.2 Å². The van der Waals surface area contributed by atoms with Crippen LogP contribution in [0, 0.1) is 0 Å². The zero-order valence-corrected chi connectivity index (χ0v) is 18.4. The standard InChI is InChI=1S/C18H27N3O3S3/c1-14(2)19-17(22)12-20-8-10-21(11-9-20)18(25)26-13-15-4-6-16(7-5-15)27(3,23)24/h4-7,14H,8-13H2,1-3H3,(H,19,22). The number of nitrogens with zero attached hydrogens (tertiary/aromatic N) is 2. The zero-order chi connectivity index (χ0) is 20.0. The quantitative estimate of drug-likeness (QED) is 0.691. The largest absolute Gasteiger partial charge is 0.355 e. The van der Waals surface area contributed by atoms with Crippen molar-refractivity contribution in [3.63, 3.8) is 0 Å². The van der Waals surface area contributed by atoms with Gasteiger partial charge in [0.05, 0.1) is 11.4 Å². The van der Waals surface area contributed by atoms with Gasteiger partial charge in [-0.25, -0.2) is 8.42 Å². The molecule has 1 N–H and O–H groups in total. The highest BCUT2D eigenvalue weighted by Gasteiger charge is 2.21. The molecule has 150 valence electrons. The van der Waals surface area contributed by atoms with E-state index >= 15 is 0 Å². The Morgan fingerprint density at radius 2 is 1.78 bits per heavy atom. The molecule has 1 saturated heterocycles. The van der Waals surface area contributed by atoms with Crippen LogP contribution in [0.3, 0.4) is 0 Å². The number of thiocarbonyl (C=S) groups is 1. The van der Waals surface area contributed by atoms with Crippen LogP contribution in [0.5, 0.6) is 0 Å². The van der Waals surface area contributed by atoms with Crippen molar-refractivity contribution in [2.45, 2.75) is 30.5 Å². The number of carbonyl (C=O) groups excluding carboxylic acids is 1. The summed E-state index contributed by atoms with van der Waals surface area (Å²) >= 11 is 7.12. The Labute approximate surface area is 171 Å². The van der Waals surface area contributed by atoms with Crippen LogP contribution in [-0.4, -0.2) is 73.5 Å². The van der Waals surface area contributed by atoms with Gasteiger partial charge in [-0.1, -0.05) is 36.1 Å². The lowest BCUT2D eigenvalue weighted by atomic mass is 10.2. The molecule has 0 spiro atoms. The Balaban J connectivity index is 1.75. The SMILES string of the molecule is CC(C)NC(=O)CN1CCN(C(=S)SCc2ccc(S(C)(=O)=O)cc2)CC1. The number of hydrogen-bond acceptors (Lipinski definition) is 6. The summed E-state index contributed by atoms with van der Waals surface area (Å²) in [6.45, 7) is 7.60. The summed E-state index contributed by atoms with van der Waals surface area (Å²) in [5, 5.41) is 2.91. The molecule has 0 bridgehead atoms. The van der Waals surface area contributed by atoms with Crippen molar-refractivity contribution in [3.8, 4) is 0 Å². The van der Waals surface area contributed by atoms with Crippen LogP contribution in [0.15, 0.2) is 29.2 Å². The van der Waals surface area contributed by atoms with Crippen molar-refractivity contribution in [1.82, 2.24) is 15.1 Å². The Kier molecular flexibility index (Phi) is 8.08. The first kappa shape index (κ1) is 22.1. The molecule has 1 aromatic rings. The maximum Gasteiger partial charge on any atom is 0.234 e. The average molecular weight is 430 g/mol. The van der Waals surface area contributed by atoms with Gasteiger partial charge in [0, 0.05) is 44.2 Å². The molecule has 1 aliphatic heterocycles. The van der Waals surface area contributed by atoms with E-state index in [1.54, 1.807) is 23.9 Å². The maximum atomic E-state index is 11.8. The summed E-state index contributed by atoms with van der Waals surface area (Å²) in [6, 6.07) is 7.09. The molecule has 1 fully saturated rings. The lowest BCUT2D eigenvalue weighted by Gasteiger charge is -2.35. The highest BCUT2D eigenvalue weighted by molar-refractivity contribution is 8.22. The second kappa shape index (κ2) is 9.86. The molecule has 27 heavy (non-hydrogen) atoms. The molecule has 0 radical (unpaired) electrons. The summed E-state index contributed by atoms with van der Waals surface area (Å²) in [4.78, 5) is 16.5. The highest BCUT2D eigenvalue weighted by Crippen LogP contribution is 2.19. The summed E-state index contributed by atoms with van der Waals surface area (Å²) in [7, 11) is -3.16. The third-order valence-corrected chi connectivity index (χ3v) is 6.88. The topological polar surface area (TPSA) is 69.7 Å². The molecular weight excluding hydrogens is 402 g/mol. The summed E-state index contributed by atoms with van der Waals surface area (Å²) in [5.41, 5.74) is 1.04. The number of hydrogen-bond donors (Lipinski definition) is 1. The fourth-order valence-corrected chi connectivity index (χ4v) is 4.57. The van der Waals surface area contributed by atoms with E-state index in [-0.39, 0.29) is 11.9 Å². The zero-order valence-electron chi connectivity index (χ0n) is 16.0. The minimum Gasteiger partial charge on any atom is -0.355 e. The van der Waals surface area contributed by atoms with Gasteiger partial charge >= 0.3 is 0 Å². The smallest absolute Gasteiger partial charge is 0.234 e. The molecule has 6 nitrogen and oxygen atoms in total. The van der Waals surface area contributed by atoms with E-state index in [2.05, 4.69) is 15.1 Å². The normalized spacial score (nSPS) is 15.8. The van der Waals surface area contributed by atoms with Gasteiger partial charge in [-0.2, -0.15) is 0 Å². The van der Waals surface area contributed by atoms with Gasteiger partial charge in [0.2, 0.25) is 5.91 Å². The number of amides is 1. The Hall–Kier alpha value is -1.16. The molecule has 1 amide bonds. The van der Waals surface area contributed by atoms with Gasteiger partial charge in [-0.15, -0.1) is 0 Å². The Morgan fingerprint density at radius 3 is 2.30 bits per heavy atom. The minimum atomic E-state index is -3.16. The summed E-state index contributed by atoms with van der Waals surface area (Å²) < 4.78 is 23.8. The van der Waals surface area contributed by atoms with Gasteiger partial charge in [-0.05, 0) is 31.5 Å². The molecule has 0 saturated carbocycles. The van der Waals surface area contributed by atoms with E-state index in [1.807, 2.05) is 26.0 Å². The van der Waals surface area contributed by atoms with Crippen LogP contribution in [0.2, 0.25) is 0 Å². The molecule has 0 aromatic heterocycles. The number of rotatable bonds is 6. The van der Waals surface area contributed by atoms with Gasteiger partial charge < -0.3 is 10.2 Å². The molecule has 0 aliphatic carbocycles. The van der Waals surface area contributed by atoms with E-state index in [4.69, 9.17) is 12.2 Å². The third kappa shape index (κ3) is 7.40. The molecule has 0 atom stereocenters. The molecule has 2 rings (SSSR count). The van der Waals surface area contributed by atoms with Crippen molar-refractivity contribution in [1.29, 1.82) is 0 Å². The number of piperazine rings is 1. The number of benzene rings is 1. The van der Waals surface area contributed by atoms with Crippen LogP contribution in [0.4, 0.5) is 0 Å². The molecule has 1 aliphatic rings. The monoisotopic (exact) mass is 429 g/mol.